The van der Waals surface area contributed by atoms with E-state index < -0.39 is 5.75 Å². The summed E-state index contributed by atoms with van der Waals surface area (Å²) in [5, 5.41) is 27.4. The van der Waals surface area contributed by atoms with Crippen LogP contribution in [-0.4, -0.2) is 15.3 Å². The molecule has 1 aromatic carbocycles. The topological polar surface area (TPSA) is 86.7 Å². The van der Waals surface area contributed by atoms with Crippen LogP contribution in [0, 0.1) is 0 Å². The Morgan fingerprint density at radius 3 is 2.33 bits per heavy atom. The maximum absolute atomic E-state index is 9.25. The highest BCUT2D eigenvalue weighted by atomic mass is 16.3. The number of nitrogen functional groups attached to an aromatic ring is 1. The standard InChI is InChI=1S/C8H11NO3/c1-2-4-5(10)3-6(11)8(12)7(4)9/h3,10-12H,2,9H2,1H3. The summed E-state index contributed by atoms with van der Waals surface area (Å²) in [6, 6.07) is 1.07. The number of rotatable bonds is 1. The van der Waals surface area contributed by atoms with Gasteiger partial charge in [-0.2, -0.15) is 0 Å². The summed E-state index contributed by atoms with van der Waals surface area (Å²) in [4.78, 5) is 0. The molecule has 0 radical (unpaired) electrons. The third kappa shape index (κ3) is 1.11. The Morgan fingerprint density at radius 2 is 1.83 bits per heavy atom. The fourth-order valence-corrected chi connectivity index (χ4v) is 1.08. The van der Waals surface area contributed by atoms with Gasteiger partial charge < -0.3 is 21.1 Å². The van der Waals surface area contributed by atoms with Crippen LogP contribution in [0.15, 0.2) is 6.07 Å². The van der Waals surface area contributed by atoms with Gasteiger partial charge in [-0.1, -0.05) is 6.92 Å². The van der Waals surface area contributed by atoms with Crippen molar-refractivity contribution in [3.05, 3.63) is 11.6 Å². The van der Waals surface area contributed by atoms with E-state index in [0.717, 1.165) is 6.07 Å². The normalized spacial score (nSPS) is 10.1. The predicted octanol–water partition coefficient (Wildman–Crippen LogP) is 0.948. The molecule has 0 saturated carbocycles. The van der Waals surface area contributed by atoms with Gasteiger partial charge in [-0.25, -0.2) is 0 Å². The van der Waals surface area contributed by atoms with Crippen molar-refractivity contribution in [1.82, 2.24) is 0 Å². The Kier molecular flexibility index (Phi) is 1.99. The van der Waals surface area contributed by atoms with Crippen LogP contribution < -0.4 is 5.73 Å². The second-order valence-corrected chi connectivity index (χ2v) is 2.51. The van der Waals surface area contributed by atoms with Gasteiger partial charge in [-0.15, -0.1) is 0 Å². The fraction of sp³-hybridized carbons (Fsp3) is 0.250. The van der Waals surface area contributed by atoms with E-state index in [-0.39, 0.29) is 17.2 Å². The molecular weight excluding hydrogens is 158 g/mol. The van der Waals surface area contributed by atoms with E-state index in [9.17, 15) is 5.11 Å². The quantitative estimate of drug-likeness (QED) is 0.286. The molecule has 66 valence electrons. The number of phenolic OH excluding ortho intramolecular Hbond substituents is 3. The number of phenols is 3. The Bertz CT molecular complexity index is 310. The van der Waals surface area contributed by atoms with E-state index in [1.807, 2.05) is 0 Å². The van der Waals surface area contributed by atoms with Crippen molar-refractivity contribution in [2.45, 2.75) is 13.3 Å². The molecule has 0 fully saturated rings. The monoisotopic (exact) mass is 169 g/mol. The van der Waals surface area contributed by atoms with Crippen molar-refractivity contribution in [3.63, 3.8) is 0 Å². The molecule has 0 heterocycles. The molecule has 0 aliphatic heterocycles. The van der Waals surface area contributed by atoms with Gasteiger partial charge in [-0.3, -0.25) is 0 Å². The van der Waals surface area contributed by atoms with Crippen molar-refractivity contribution < 1.29 is 15.3 Å². The molecule has 0 spiro atoms. The van der Waals surface area contributed by atoms with E-state index in [2.05, 4.69) is 0 Å². The molecule has 12 heavy (non-hydrogen) atoms. The zero-order valence-electron chi connectivity index (χ0n) is 6.70. The Labute approximate surface area is 69.9 Å². The van der Waals surface area contributed by atoms with E-state index in [1.54, 1.807) is 6.92 Å². The number of anilines is 1. The number of hydrogen-bond donors (Lipinski definition) is 4. The minimum Gasteiger partial charge on any atom is -0.507 e. The van der Waals surface area contributed by atoms with Crippen molar-refractivity contribution in [1.29, 1.82) is 0 Å². The minimum absolute atomic E-state index is 0.0370. The Morgan fingerprint density at radius 1 is 1.25 bits per heavy atom. The number of benzene rings is 1. The highest BCUT2D eigenvalue weighted by Crippen LogP contribution is 2.39. The van der Waals surface area contributed by atoms with E-state index in [4.69, 9.17) is 15.9 Å². The first-order chi connectivity index (χ1) is 5.57. The maximum atomic E-state index is 9.25. The van der Waals surface area contributed by atoms with Crippen LogP contribution in [0.2, 0.25) is 0 Å². The van der Waals surface area contributed by atoms with Gasteiger partial charge in [0.1, 0.15) is 5.75 Å². The second kappa shape index (κ2) is 2.81. The molecule has 0 amide bonds. The molecular formula is C8H11NO3. The summed E-state index contributed by atoms with van der Waals surface area (Å²) in [5.74, 6) is -0.864. The van der Waals surface area contributed by atoms with Gasteiger partial charge in [0.15, 0.2) is 11.5 Å². The van der Waals surface area contributed by atoms with Crippen molar-refractivity contribution in [3.8, 4) is 17.2 Å². The molecule has 1 aromatic rings. The van der Waals surface area contributed by atoms with Gasteiger partial charge in [0.05, 0.1) is 5.69 Å². The average Bonchev–Trinajstić information content (AvgIpc) is 2.01. The number of hydrogen-bond acceptors (Lipinski definition) is 4. The largest absolute Gasteiger partial charge is 0.507 e. The minimum atomic E-state index is -0.401. The van der Waals surface area contributed by atoms with Crippen LogP contribution >= 0.6 is 0 Å². The summed E-state index contributed by atoms with van der Waals surface area (Å²) >= 11 is 0. The molecule has 4 nitrogen and oxygen atoms in total. The number of aromatic hydroxyl groups is 3. The summed E-state index contributed by atoms with van der Waals surface area (Å²) in [6.45, 7) is 1.79. The van der Waals surface area contributed by atoms with Crippen molar-refractivity contribution in [2.24, 2.45) is 0 Å². The lowest BCUT2D eigenvalue weighted by atomic mass is 10.1. The van der Waals surface area contributed by atoms with Gasteiger partial charge in [0, 0.05) is 11.6 Å². The molecule has 0 aromatic heterocycles. The molecule has 5 N–H and O–H groups in total. The van der Waals surface area contributed by atoms with Crippen molar-refractivity contribution >= 4 is 5.69 Å². The maximum Gasteiger partial charge on any atom is 0.181 e. The van der Waals surface area contributed by atoms with E-state index >= 15 is 0 Å². The number of nitrogens with two attached hydrogens (primary N) is 1. The van der Waals surface area contributed by atoms with Gasteiger partial charge in [-0.05, 0) is 6.42 Å². The zero-order valence-corrected chi connectivity index (χ0v) is 6.70. The molecule has 0 saturated heterocycles. The Balaban J connectivity index is 3.40. The van der Waals surface area contributed by atoms with Crippen LogP contribution in [0.25, 0.3) is 0 Å². The third-order valence-electron chi connectivity index (χ3n) is 1.76. The summed E-state index contributed by atoms with van der Waals surface area (Å²) in [6.07, 6.45) is 0.505. The van der Waals surface area contributed by atoms with Gasteiger partial charge in [0.2, 0.25) is 0 Å². The van der Waals surface area contributed by atoms with E-state index in [1.165, 1.54) is 0 Å². The summed E-state index contributed by atoms with van der Waals surface area (Å²) in [5.41, 5.74) is 5.91. The lowest BCUT2D eigenvalue weighted by Gasteiger charge is -2.08. The van der Waals surface area contributed by atoms with Gasteiger partial charge in [0.25, 0.3) is 0 Å². The van der Waals surface area contributed by atoms with Crippen LogP contribution in [0.5, 0.6) is 17.2 Å². The van der Waals surface area contributed by atoms with Crippen molar-refractivity contribution in [2.75, 3.05) is 5.73 Å². The molecule has 0 aliphatic rings. The fourth-order valence-electron chi connectivity index (χ4n) is 1.08. The second-order valence-electron chi connectivity index (χ2n) is 2.51. The predicted molar refractivity (Wildman–Crippen MR) is 45.2 cm³/mol. The molecule has 0 atom stereocenters. The lowest BCUT2D eigenvalue weighted by molar-refractivity contribution is 0.397. The molecule has 4 heteroatoms. The molecule has 0 aliphatic carbocycles. The smallest absolute Gasteiger partial charge is 0.181 e. The first-order valence-electron chi connectivity index (χ1n) is 3.60. The molecule has 0 unspecified atom stereocenters. The van der Waals surface area contributed by atoms with Crippen LogP contribution in [-0.2, 0) is 6.42 Å². The lowest BCUT2D eigenvalue weighted by Crippen LogP contribution is -1.94. The third-order valence-corrected chi connectivity index (χ3v) is 1.76. The SMILES string of the molecule is CCc1c(O)cc(O)c(O)c1N. The highest BCUT2D eigenvalue weighted by molar-refractivity contribution is 5.68. The molecule has 1 rings (SSSR count). The first kappa shape index (κ1) is 8.52. The van der Waals surface area contributed by atoms with E-state index in [0.29, 0.717) is 12.0 Å². The summed E-state index contributed by atoms with van der Waals surface area (Å²) in [7, 11) is 0. The van der Waals surface area contributed by atoms with Crippen LogP contribution in [0.3, 0.4) is 0 Å². The first-order valence-corrected chi connectivity index (χ1v) is 3.60. The highest BCUT2D eigenvalue weighted by Gasteiger charge is 2.12. The molecule has 0 bridgehead atoms. The summed E-state index contributed by atoms with van der Waals surface area (Å²) < 4.78 is 0. The van der Waals surface area contributed by atoms with Crippen LogP contribution in [0.1, 0.15) is 12.5 Å². The average molecular weight is 169 g/mol. The van der Waals surface area contributed by atoms with Gasteiger partial charge >= 0.3 is 0 Å². The Hall–Kier alpha value is -1.58. The zero-order chi connectivity index (χ0) is 9.30. The van der Waals surface area contributed by atoms with Crippen LogP contribution in [0.4, 0.5) is 5.69 Å².